The fourth-order valence-electron chi connectivity index (χ4n) is 3.85. The molecule has 0 saturated carbocycles. The Morgan fingerprint density at radius 1 is 0.536 bits per heavy atom. The van der Waals surface area contributed by atoms with Crippen LogP contribution in [0.25, 0.3) is 0 Å². The van der Waals surface area contributed by atoms with E-state index in [2.05, 4.69) is 62.3 Å². The highest BCUT2D eigenvalue weighted by molar-refractivity contribution is 6.68. The van der Waals surface area contributed by atoms with Gasteiger partial charge in [0, 0.05) is 5.02 Å². The topological polar surface area (TPSA) is 36.9 Å². The molecule has 1 aromatic rings. The van der Waals surface area contributed by atoms with E-state index in [1.165, 1.54) is 0 Å². The Labute approximate surface area is 175 Å². The Morgan fingerprint density at radius 2 is 0.786 bits per heavy atom. The van der Waals surface area contributed by atoms with Crippen LogP contribution in [0.2, 0.25) is 5.02 Å². The molecule has 0 amide bonds. The van der Waals surface area contributed by atoms with Gasteiger partial charge in [-0.1, -0.05) is 17.2 Å². The highest BCUT2D eigenvalue weighted by Gasteiger charge is 2.55. The third-order valence-electron chi connectivity index (χ3n) is 7.25. The van der Waals surface area contributed by atoms with Crippen molar-refractivity contribution in [1.29, 1.82) is 0 Å². The van der Waals surface area contributed by atoms with Crippen LogP contribution in [0.1, 0.15) is 72.1 Å². The molecule has 0 bridgehead atoms. The van der Waals surface area contributed by atoms with Gasteiger partial charge in [-0.25, -0.2) is 0 Å². The SMILES string of the molecule is Cc1c(Cl)c(C)c(B2OC(C)(C)C(C)(C)O2)c(C)c1B1OC(C)(C)C(C)(C)O1. The maximum atomic E-state index is 6.78. The van der Waals surface area contributed by atoms with Gasteiger partial charge >= 0.3 is 14.2 Å². The first-order chi connectivity index (χ1) is 12.5. The first-order valence-electron chi connectivity index (χ1n) is 10.0. The van der Waals surface area contributed by atoms with Crippen LogP contribution in [0.3, 0.4) is 0 Å². The van der Waals surface area contributed by atoms with E-state index >= 15 is 0 Å². The predicted molar refractivity (Wildman–Crippen MR) is 117 cm³/mol. The molecular weight excluding hydrogens is 373 g/mol. The van der Waals surface area contributed by atoms with E-state index in [1.807, 2.05) is 13.8 Å². The lowest BCUT2D eigenvalue weighted by Crippen LogP contribution is -2.47. The molecule has 0 unspecified atom stereocenters. The van der Waals surface area contributed by atoms with Crippen molar-refractivity contribution in [3.8, 4) is 0 Å². The van der Waals surface area contributed by atoms with E-state index in [0.29, 0.717) is 5.02 Å². The molecule has 3 rings (SSSR count). The molecular formula is C21H33B2ClO4. The second kappa shape index (κ2) is 6.49. The van der Waals surface area contributed by atoms with E-state index in [4.69, 9.17) is 30.2 Å². The summed E-state index contributed by atoms with van der Waals surface area (Å²) in [6.07, 6.45) is 0. The molecule has 0 aliphatic carbocycles. The van der Waals surface area contributed by atoms with Crippen molar-refractivity contribution in [2.24, 2.45) is 0 Å². The summed E-state index contributed by atoms with van der Waals surface area (Å²) in [5.41, 5.74) is 3.29. The maximum Gasteiger partial charge on any atom is 0.495 e. The average Bonchev–Trinajstić information content (AvgIpc) is 2.84. The Kier molecular flexibility index (Phi) is 5.14. The van der Waals surface area contributed by atoms with Crippen molar-refractivity contribution in [1.82, 2.24) is 0 Å². The number of rotatable bonds is 2. The molecule has 0 aromatic heterocycles. The fraction of sp³-hybridized carbons (Fsp3) is 0.714. The third kappa shape index (κ3) is 3.16. The zero-order chi connectivity index (χ0) is 21.4. The summed E-state index contributed by atoms with van der Waals surface area (Å²) >= 11 is 6.78. The van der Waals surface area contributed by atoms with Gasteiger partial charge in [0.2, 0.25) is 0 Å². The molecule has 7 heteroatoms. The Hall–Kier alpha value is -0.520. The zero-order valence-corrected chi connectivity index (χ0v) is 19.9. The predicted octanol–water partition coefficient (Wildman–Crippen LogP) is 3.86. The molecule has 2 aliphatic rings. The van der Waals surface area contributed by atoms with Crippen LogP contribution in [0.4, 0.5) is 0 Å². The summed E-state index contributed by atoms with van der Waals surface area (Å²) in [6.45, 7) is 22.6. The highest BCUT2D eigenvalue weighted by atomic mass is 35.5. The minimum absolute atomic E-state index is 0.418. The van der Waals surface area contributed by atoms with Crippen LogP contribution in [0.5, 0.6) is 0 Å². The first kappa shape index (κ1) is 22.2. The van der Waals surface area contributed by atoms with Crippen LogP contribution in [-0.2, 0) is 18.6 Å². The Morgan fingerprint density at radius 3 is 1.04 bits per heavy atom. The summed E-state index contributed by atoms with van der Waals surface area (Å²) in [4.78, 5) is 0. The van der Waals surface area contributed by atoms with Crippen molar-refractivity contribution in [3.05, 3.63) is 21.7 Å². The minimum Gasteiger partial charge on any atom is -0.399 e. The van der Waals surface area contributed by atoms with Gasteiger partial charge in [0.15, 0.2) is 0 Å². The summed E-state index contributed by atoms with van der Waals surface area (Å²) in [5.74, 6) is 0. The van der Waals surface area contributed by atoms with Gasteiger partial charge in [-0.05, 0) is 98.2 Å². The molecule has 1 aromatic carbocycles. The standard InChI is InChI=1S/C21H33B2ClO4/c1-12-15(22-25-18(4,5)19(6,7)26-22)13(2)17(24)14(3)16(12)23-27-20(8,9)21(10,11)28-23/h1-11H3. The van der Waals surface area contributed by atoms with Crippen LogP contribution in [-0.4, -0.2) is 36.6 Å². The van der Waals surface area contributed by atoms with E-state index in [0.717, 1.165) is 27.6 Å². The smallest absolute Gasteiger partial charge is 0.399 e. The summed E-state index contributed by atoms with van der Waals surface area (Å²) < 4.78 is 25.4. The normalized spacial score (nSPS) is 24.9. The van der Waals surface area contributed by atoms with Gasteiger partial charge in [-0.2, -0.15) is 0 Å². The minimum atomic E-state index is -0.482. The van der Waals surface area contributed by atoms with Gasteiger partial charge < -0.3 is 18.6 Å². The average molecular weight is 407 g/mol. The van der Waals surface area contributed by atoms with E-state index in [1.54, 1.807) is 0 Å². The number of hydrogen-bond acceptors (Lipinski definition) is 4. The Balaban J connectivity index is 2.13. The third-order valence-corrected chi connectivity index (χ3v) is 7.82. The van der Waals surface area contributed by atoms with Crippen molar-refractivity contribution in [2.75, 3.05) is 0 Å². The molecule has 0 spiro atoms. The highest BCUT2D eigenvalue weighted by Crippen LogP contribution is 2.39. The molecule has 2 aliphatic heterocycles. The first-order valence-corrected chi connectivity index (χ1v) is 10.4. The van der Waals surface area contributed by atoms with Crippen molar-refractivity contribution >= 4 is 36.8 Å². The molecule has 0 N–H and O–H groups in total. The maximum absolute atomic E-state index is 6.78. The van der Waals surface area contributed by atoms with Crippen LogP contribution < -0.4 is 10.9 Å². The number of hydrogen-bond donors (Lipinski definition) is 0. The molecule has 28 heavy (non-hydrogen) atoms. The van der Waals surface area contributed by atoms with E-state index in [9.17, 15) is 0 Å². The van der Waals surface area contributed by atoms with E-state index < -0.39 is 36.6 Å². The molecule has 2 saturated heterocycles. The summed E-state index contributed by atoms with van der Waals surface area (Å²) in [7, 11) is -0.964. The van der Waals surface area contributed by atoms with Crippen LogP contribution in [0, 0.1) is 20.8 Å². The van der Waals surface area contributed by atoms with E-state index in [-0.39, 0.29) is 0 Å². The van der Waals surface area contributed by atoms with Crippen LogP contribution >= 0.6 is 11.6 Å². The number of halogens is 1. The van der Waals surface area contributed by atoms with Gasteiger partial charge in [-0.15, -0.1) is 0 Å². The second-order valence-corrected chi connectivity index (χ2v) is 10.6. The number of benzene rings is 1. The molecule has 154 valence electrons. The van der Waals surface area contributed by atoms with Crippen LogP contribution in [0.15, 0.2) is 0 Å². The van der Waals surface area contributed by atoms with Gasteiger partial charge in [0.25, 0.3) is 0 Å². The summed E-state index contributed by atoms with van der Waals surface area (Å²) in [5, 5.41) is 0.708. The van der Waals surface area contributed by atoms with Gasteiger partial charge in [0.1, 0.15) is 0 Å². The second-order valence-electron chi connectivity index (χ2n) is 10.2. The lowest BCUT2D eigenvalue weighted by molar-refractivity contribution is 0.00578. The molecule has 2 heterocycles. The molecule has 2 fully saturated rings. The molecule has 0 radical (unpaired) electrons. The Bertz CT molecular complexity index is 722. The zero-order valence-electron chi connectivity index (χ0n) is 19.2. The molecule has 0 atom stereocenters. The quantitative estimate of drug-likeness (QED) is 0.699. The lowest BCUT2D eigenvalue weighted by Gasteiger charge is -2.32. The largest absolute Gasteiger partial charge is 0.495 e. The van der Waals surface area contributed by atoms with Crippen molar-refractivity contribution in [3.63, 3.8) is 0 Å². The fourth-order valence-corrected chi connectivity index (χ4v) is 4.06. The van der Waals surface area contributed by atoms with Gasteiger partial charge in [-0.3, -0.25) is 0 Å². The lowest BCUT2D eigenvalue weighted by atomic mass is 9.64. The molecule has 4 nitrogen and oxygen atoms in total. The van der Waals surface area contributed by atoms with Crippen molar-refractivity contribution in [2.45, 2.75) is 98.6 Å². The van der Waals surface area contributed by atoms with Crippen molar-refractivity contribution < 1.29 is 18.6 Å². The monoisotopic (exact) mass is 406 g/mol. The van der Waals surface area contributed by atoms with Gasteiger partial charge in [0.05, 0.1) is 22.4 Å². The summed E-state index contributed by atoms with van der Waals surface area (Å²) in [6, 6.07) is 0.